The van der Waals surface area contributed by atoms with Crippen molar-refractivity contribution in [2.75, 3.05) is 19.7 Å². The van der Waals surface area contributed by atoms with Gasteiger partial charge in [-0.3, -0.25) is 4.79 Å². The molecule has 1 unspecified atom stereocenters. The molecule has 0 rings (SSSR count). The SMILES string of the molecule is CCCCCCCCCCCCNCCC(=O)OCC(CC)CCCC. The Morgan fingerprint density at radius 1 is 0.769 bits per heavy atom. The van der Waals surface area contributed by atoms with Crippen LogP contribution in [0.3, 0.4) is 0 Å². The molecule has 1 atom stereocenters. The molecule has 0 saturated heterocycles. The molecule has 0 aromatic carbocycles. The predicted octanol–water partition coefficient (Wildman–Crippen LogP) is 6.65. The van der Waals surface area contributed by atoms with E-state index >= 15 is 0 Å². The van der Waals surface area contributed by atoms with Crippen molar-refractivity contribution in [2.24, 2.45) is 5.92 Å². The Balaban J connectivity index is 3.30. The summed E-state index contributed by atoms with van der Waals surface area (Å²) in [6, 6.07) is 0. The van der Waals surface area contributed by atoms with Crippen molar-refractivity contribution in [1.29, 1.82) is 0 Å². The van der Waals surface area contributed by atoms with E-state index in [1.54, 1.807) is 0 Å². The molecule has 0 radical (unpaired) electrons. The van der Waals surface area contributed by atoms with E-state index in [1.165, 1.54) is 83.5 Å². The molecule has 0 amide bonds. The molecule has 0 fully saturated rings. The van der Waals surface area contributed by atoms with E-state index in [-0.39, 0.29) is 5.97 Å². The van der Waals surface area contributed by atoms with Gasteiger partial charge in [-0.1, -0.05) is 97.8 Å². The molecule has 0 aromatic rings. The summed E-state index contributed by atoms with van der Waals surface area (Å²) in [4.78, 5) is 11.8. The molecule has 0 aromatic heterocycles. The highest BCUT2D eigenvalue weighted by Gasteiger charge is 2.09. The molecule has 1 N–H and O–H groups in total. The van der Waals surface area contributed by atoms with Crippen LogP contribution in [0.1, 0.15) is 117 Å². The second-order valence-corrected chi connectivity index (χ2v) is 7.78. The number of rotatable bonds is 20. The Labute approximate surface area is 164 Å². The van der Waals surface area contributed by atoms with Crippen LogP contribution in [-0.4, -0.2) is 25.7 Å². The van der Waals surface area contributed by atoms with Gasteiger partial charge in [-0.25, -0.2) is 0 Å². The fraction of sp³-hybridized carbons (Fsp3) is 0.957. The van der Waals surface area contributed by atoms with Crippen molar-refractivity contribution in [1.82, 2.24) is 5.32 Å². The van der Waals surface area contributed by atoms with Crippen LogP contribution in [0.15, 0.2) is 0 Å². The van der Waals surface area contributed by atoms with Gasteiger partial charge in [0, 0.05) is 6.54 Å². The van der Waals surface area contributed by atoms with Crippen LogP contribution in [0.25, 0.3) is 0 Å². The van der Waals surface area contributed by atoms with Gasteiger partial charge in [0.25, 0.3) is 0 Å². The van der Waals surface area contributed by atoms with Gasteiger partial charge >= 0.3 is 5.97 Å². The van der Waals surface area contributed by atoms with E-state index in [2.05, 4.69) is 26.1 Å². The summed E-state index contributed by atoms with van der Waals surface area (Å²) in [6.45, 7) is 9.04. The topological polar surface area (TPSA) is 38.3 Å². The van der Waals surface area contributed by atoms with E-state index < -0.39 is 0 Å². The number of carbonyl (C=O) groups is 1. The fourth-order valence-corrected chi connectivity index (χ4v) is 3.23. The molecule has 0 aliphatic rings. The Morgan fingerprint density at radius 2 is 1.35 bits per heavy atom. The highest BCUT2D eigenvalue weighted by Crippen LogP contribution is 2.13. The standard InChI is InChI=1S/C23H47NO2/c1-4-7-9-10-11-12-13-14-15-16-19-24-20-18-23(25)26-21-22(6-3)17-8-5-2/h22,24H,4-21H2,1-3H3. The third-order valence-corrected chi connectivity index (χ3v) is 5.24. The average molecular weight is 370 g/mol. The third-order valence-electron chi connectivity index (χ3n) is 5.24. The summed E-state index contributed by atoms with van der Waals surface area (Å²) in [5, 5.41) is 3.38. The predicted molar refractivity (Wildman–Crippen MR) is 114 cm³/mol. The van der Waals surface area contributed by atoms with Crippen molar-refractivity contribution in [3.05, 3.63) is 0 Å². The van der Waals surface area contributed by atoms with Crippen molar-refractivity contribution in [2.45, 2.75) is 117 Å². The Hall–Kier alpha value is -0.570. The number of nitrogens with one attached hydrogen (secondary N) is 1. The Bertz CT molecular complexity index is 294. The van der Waals surface area contributed by atoms with Gasteiger partial charge < -0.3 is 10.1 Å². The summed E-state index contributed by atoms with van der Waals surface area (Å²) in [6.07, 6.45) is 18.9. The van der Waals surface area contributed by atoms with Gasteiger partial charge in [-0.2, -0.15) is 0 Å². The second kappa shape index (κ2) is 20.7. The first-order chi connectivity index (χ1) is 12.7. The summed E-state index contributed by atoms with van der Waals surface area (Å²) in [5.41, 5.74) is 0. The number of hydrogen-bond donors (Lipinski definition) is 1. The van der Waals surface area contributed by atoms with Gasteiger partial charge in [0.1, 0.15) is 0 Å². The van der Waals surface area contributed by atoms with Crippen LogP contribution in [0, 0.1) is 5.92 Å². The van der Waals surface area contributed by atoms with Crippen LogP contribution in [0.2, 0.25) is 0 Å². The first-order valence-electron chi connectivity index (χ1n) is 11.6. The molecule has 0 bridgehead atoms. The van der Waals surface area contributed by atoms with Crippen LogP contribution >= 0.6 is 0 Å². The lowest BCUT2D eigenvalue weighted by atomic mass is 10.0. The third kappa shape index (κ3) is 18.2. The normalized spacial score (nSPS) is 12.3. The second-order valence-electron chi connectivity index (χ2n) is 7.78. The van der Waals surface area contributed by atoms with Gasteiger partial charge in [0.05, 0.1) is 13.0 Å². The molecule has 26 heavy (non-hydrogen) atoms. The zero-order valence-electron chi connectivity index (χ0n) is 18.1. The van der Waals surface area contributed by atoms with Gasteiger partial charge in [0.15, 0.2) is 0 Å². The summed E-state index contributed by atoms with van der Waals surface area (Å²) in [7, 11) is 0. The van der Waals surface area contributed by atoms with E-state index in [4.69, 9.17) is 4.74 Å². The lowest BCUT2D eigenvalue weighted by molar-refractivity contribution is -0.145. The summed E-state index contributed by atoms with van der Waals surface area (Å²) in [5.74, 6) is 0.494. The minimum atomic E-state index is -0.0458. The van der Waals surface area contributed by atoms with E-state index in [9.17, 15) is 4.79 Å². The number of esters is 1. The first-order valence-corrected chi connectivity index (χ1v) is 11.6. The molecule has 0 heterocycles. The van der Waals surface area contributed by atoms with Crippen LogP contribution < -0.4 is 5.32 Å². The summed E-state index contributed by atoms with van der Waals surface area (Å²) < 4.78 is 5.42. The van der Waals surface area contributed by atoms with E-state index in [1.807, 2.05) is 0 Å². The molecule has 0 saturated carbocycles. The van der Waals surface area contributed by atoms with Gasteiger partial charge in [0.2, 0.25) is 0 Å². The van der Waals surface area contributed by atoms with Gasteiger partial charge in [-0.15, -0.1) is 0 Å². The zero-order chi connectivity index (χ0) is 19.3. The lowest BCUT2D eigenvalue weighted by Crippen LogP contribution is -2.21. The molecular formula is C23H47NO2. The quantitative estimate of drug-likeness (QED) is 0.193. The highest BCUT2D eigenvalue weighted by molar-refractivity contribution is 5.69. The number of carbonyl (C=O) groups excluding carboxylic acids is 1. The van der Waals surface area contributed by atoms with Crippen molar-refractivity contribution >= 4 is 5.97 Å². The molecule has 0 aliphatic heterocycles. The molecule has 3 nitrogen and oxygen atoms in total. The number of ether oxygens (including phenoxy) is 1. The van der Waals surface area contributed by atoms with Crippen LogP contribution in [0.4, 0.5) is 0 Å². The zero-order valence-corrected chi connectivity index (χ0v) is 18.1. The van der Waals surface area contributed by atoms with E-state index in [0.717, 1.165) is 19.5 Å². The minimum absolute atomic E-state index is 0.0458. The molecule has 3 heteroatoms. The maximum absolute atomic E-state index is 11.8. The molecule has 156 valence electrons. The monoisotopic (exact) mass is 369 g/mol. The van der Waals surface area contributed by atoms with Gasteiger partial charge in [-0.05, 0) is 25.3 Å². The Morgan fingerprint density at radius 3 is 1.92 bits per heavy atom. The largest absolute Gasteiger partial charge is 0.465 e. The maximum atomic E-state index is 11.8. The first kappa shape index (κ1) is 25.4. The van der Waals surface area contributed by atoms with Crippen LogP contribution in [-0.2, 0) is 9.53 Å². The fourth-order valence-electron chi connectivity index (χ4n) is 3.23. The lowest BCUT2D eigenvalue weighted by Gasteiger charge is -2.14. The number of unbranched alkanes of at least 4 members (excludes halogenated alkanes) is 10. The van der Waals surface area contributed by atoms with Crippen molar-refractivity contribution in [3.8, 4) is 0 Å². The van der Waals surface area contributed by atoms with Crippen LogP contribution in [0.5, 0.6) is 0 Å². The highest BCUT2D eigenvalue weighted by atomic mass is 16.5. The number of hydrogen-bond acceptors (Lipinski definition) is 3. The van der Waals surface area contributed by atoms with Crippen molar-refractivity contribution < 1.29 is 9.53 Å². The molecular weight excluding hydrogens is 322 g/mol. The minimum Gasteiger partial charge on any atom is -0.465 e. The Kier molecular flexibility index (Phi) is 20.3. The maximum Gasteiger partial charge on any atom is 0.307 e. The molecule has 0 spiro atoms. The van der Waals surface area contributed by atoms with E-state index in [0.29, 0.717) is 18.9 Å². The smallest absolute Gasteiger partial charge is 0.307 e. The molecule has 0 aliphatic carbocycles. The van der Waals surface area contributed by atoms with Crippen molar-refractivity contribution in [3.63, 3.8) is 0 Å². The summed E-state index contributed by atoms with van der Waals surface area (Å²) >= 11 is 0. The average Bonchev–Trinajstić information content (AvgIpc) is 2.65.